The maximum absolute atomic E-state index is 5.95. The molecule has 13 heavy (non-hydrogen) atoms. The highest BCUT2D eigenvalue weighted by Crippen LogP contribution is 2.34. The lowest BCUT2D eigenvalue weighted by molar-refractivity contribution is 0.174. The molecule has 3 heteroatoms. The van der Waals surface area contributed by atoms with Gasteiger partial charge in [-0.2, -0.15) is 0 Å². The van der Waals surface area contributed by atoms with Crippen LogP contribution in [0, 0.1) is 0 Å². The fourth-order valence-corrected chi connectivity index (χ4v) is 1.30. The van der Waals surface area contributed by atoms with Crippen molar-refractivity contribution in [3.05, 3.63) is 23.8 Å². The molecule has 0 fully saturated rings. The topological polar surface area (TPSA) is 44.5 Å². The molecule has 0 saturated heterocycles. The average Bonchev–Trinajstić information content (AvgIpc) is 2.47. The molecule has 0 unspecified atom stereocenters. The summed E-state index contributed by atoms with van der Waals surface area (Å²) in [4.78, 5) is 0. The second-order valence-electron chi connectivity index (χ2n) is 3.79. The fourth-order valence-electron chi connectivity index (χ4n) is 1.30. The Labute approximate surface area is 77.5 Å². The van der Waals surface area contributed by atoms with Crippen LogP contribution in [-0.2, 0) is 5.54 Å². The van der Waals surface area contributed by atoms with Gasteiger partial charge < -0.3 is 15.2 Å². The molecule has 1 aliphatic rings. The third-order valence-electron chi connectivity index (χ3n) is 2.12. The van der Waals surface area contributed by atoms with Crippen LogP contribution in [0.25, 0.3) is 0 Å². The molecule has 1 aromatic rings. The zero-order valence-electron chi connectivity index (χ0n) is 7.83. The molecule has 0 spiro atoms. The summed E-state index contributed by atoms with van der Waals surface area (Å²) in [6.07, 6.45) is 0. The van der Waals surface area contributed by atoms with Gasteiger partial charge in [0.25, 0.3) is 0 Å². The zero-order chi connectivity index (χ0) is 9.47. The van der Waals surface area contributed by atoms with Crippen molar-refractivity contribution in [3.63, 3.8) is 0 Å². The molecule has 0 radical (unpaired) electrons. The van der Waals surface area contributed by atoms with Gasteiger partial charge in [-0.05, 0) is 31.5 Å². The Hall–Kier alpha value is -1.22. The van der Waals surface area contributed by atoms with Gasteiger partial charge in [-0.25, -0.2) is 0 Å². The number of nitrogens with two attached hydrogens (primary N) is 1. The number of benzene rings is 1. The van der Waals surface area contributed by atoms with Crippen LogP contribution in [-0.4, -0.2) is 6.79 Å². The summed E-state index contributed by atoms with van der Waals surface area (Å²) >= 11 is 0. The van der Waals surface area contributed by atoms with Crippen LogP contribution in [0.5, 0.6) is 11.5 Å². The van der Waals surface area contributed by atoms with Crippen LogP contribution in [0.1, 0.15) is 19.4 Å². The Morgan fingerprint density at radius 1 is 1.23 bits per heavy atom. The first-order chi connectivity index (χ1) is 6.07. The molecule has 0 atom stereocenters. The Balaban J connectivity index is 2.42. The van der Waals surface area contributed by atoms with Gasteiger partial charge in [0.1, 0.15) is 0 Å². The Kier molecular flexibility index (Phi) is 1.70. The Bertz CT molecular complexity index is 328. The molecule has 1 heterocycles. The molecule has 2 rings (SSSR count). The molecule has 0 aliphatic carbocycles. The molecule has 70 valence electrons. The molecular formula is C10H13NO2. The van der Waals surface area contributed by atoms with Gasteiger partial charge in [0, 0.05) is 5.54 Å². The van der Waals surface area contributed by atoms with Crippen LogP contribution in [0.2, 0.25) is 0 Å². The van der Waals surface area contributed by atoms with E-state index in [4.69, 9.17) is 15.2 Å². The summed E-state index contributed by atoms with van der Waals surface area (Å²) in [6.45, 7) is 4.23. The van der Waals surface area contributed by atoms with Crippen LogP contribution in [0.3, 0.4) is 0 Å². The minimum absolute atomic E-state index is 0.309. The third kappa shape index (κ3) is 1.47. The summed E-state index contributed by atoms with van der Waals surface area (Å²) in [5.74, 6) is 1.59. The smallest absolute Gasteiger partial charge is 0.231 e. The SMILES string of the molecule is CC(C)(N)c1ccc2c(c1)OCO2. The van der Waals surface area contributed by atoms with Crippen molar-refractivity contribution in [1.82, 2.24) is 0 Å². The lowest BCUT2D eigenvalue weighted by atomic mass is 9.95. The molecule has 0 bridgehead atoms. The van der Waals surface area contributed by atoms with E-state index in [1.54, 1.807) is 0 Å². The molecule has 0 aromatic heterocycles. The molecule has 2 N–H and O–H groups in total. The molecule has 1 aromatic carbocycles. The van der Waals surface area contributed by atoms with E-state index in [1.165, 1.54) is 0 Å². The van der Waals surface area contributed by atoms with Gasteiger partial charge in [0.05, 0.1) is 0 Å². The highest BCUT2D eigenvalue weighted by molar-refractivity contribution is 5.45. The first kappa shape index (κ1) is 8.38. The van der Waals surface area contributed by atoms with Crippen molar-refractivity contribution < 1.29 is 9.47 Å². The summed E-state index contributed by atoms with van der Waals surface area (Å²) in [5, 5.41) is 0. The summed E-state index contributed by atoms with van der Waals surface area (Å²) < 4.78 is 10.5. The Morgan fingerprint density at radius 3 is 2.62 bits per heavy atom. The van der Waals surface area contributed by atoms with E-state index in [9.17, 15) is 0 Å². The monoisotopic (exact) mass is 179 g/mol. The number of hydrogen-bond donors (Lipinski definition) is 1. The summed E-state index contributed by atoms with van der Waals surface area (Å²) in [5.41, 5.74) is 6.67. The third-order valence-corrected chi connectivity index (χ3v) is 2.12. The molecule has 3 nitrogen and oxygen atoms in total. The van der Waals surface area contributed by atoms with Crippen LogP contribution >= 0.6 is 0 Å². The first-order valence-corrected chi connectivity index (χ1v) is 4.26. The van der Waals surface area contributed by atoms with Gasteiger partial charge in [-0.15, -0.1) is 0 Å². The van der Waals surface area contributed by atoms with E-state index in [1.807, 2.05) is 32.0 Å². The standard InChI is InChI=1S/C10H13NO2/c1-10(2,11)7-3-4-8-9(5-7)13-6-12-8/h3-5H,6,11H2,1-2H3. The predicted octanol–water partition coefficient (Wildman–Crippen LogP) is 1.61. The minimum atomic E-state index is -0.332. The van der Waals surface area contributed by atoms with Crippen molar-refractivity contribution in [2.24, 2.45) is 5.73 Å². The van der Waals surface area contributed by atoms with Crippen molar-refractivity contribution in [3.8, 4) is 11.5 Å². The first-order valence-electron chi connectivity index (χ1n) is 4.26. The van der Waals surface area contributed by atoms with E-state index >= 15 is 0 Å². The highest BCUT2D eigenvalue weighted by atomic mass is 16.7. The van der Waals surface area contributed by atoms with E-state index in [-0.39, 0.29) is 5.54 Å². The van der Waals surface area contributed by atoms with Crippen molar-refractivity contribution in [2.75, 3.05) is 6.79 Å². The van der Waals surface area contributed by atoms with Gasteiger partial charge >= 0.3 is 0 Å². The molecule has 0 amide bonds. The summed E-state index contributed by atoms with van der Waals surface area (Å²) in [7, 11) is 0. The van der Waals surface area contributed by atoms with E-state index in [2.05, 4.69) is 0 Å². The number of rotatable bonds is 1. The largest absolute Gasteiger partial charge is 0.454 e. The normalized spacial score (nSPS) is 14.7. The van der Waals surface area contributed by atoms with E-state index < -0.39 is 0 Å². The average molecular weight is 179 g/mol. The molecule has 0 saturated carbocycles. The Morgan fingerprint density at radius 2 is 1.92 bits per heavy atom. The second kappa shape index (κ2) is 2.64. The molecular weight excluding hydrogens is 166 g/mol. The van der Waals surface area contributed by atoms with Gasteiger partial charge in [0.15, 0.2) is 11.5 Å². The zero-order valence-corrected chi connectivity index (χ0v) is 7.83. The lowest BCUT2D eigenvalue weighted by Crippen LogP contribution is -2.28. The van der Waals surface area contributed by atoms with Gasteiger partial charge in [0.2, 0.25) is 6.79 Å². The fraction of sp³-hybridized carbons (Fsp3) is 0.400. The number of fused-ring (bicyclic) bond motifs is 1. The van der Waals surface area contributed by atoms with Crippen molar-refractivity contribution in [2.45, 2.75) is 19.4 Å². The van der Waals surface area contributed by atoms with Crippen LogP contribution in [0.4, 0.5) is 0 Å². The summed E-state index contributed by atoms with van der Waals surface area (Å²) in [6, 6.07) is 5.79. The number of ether oxygens (including phenoxy) is 2. The second-order valence-corrected chi connectivity index (χ2v) is 3.79. The predicted molar refractivity (Wildman–Crippen MR) is 49.8 cm³/mol. The maximum Gasteiger partial charge on any atom is 0.231 e. The van der Waals surface area contributed by atoms with Crippen molar-refractivity contribution >= 4 is 0 Å². The highest BCUT2D eigenvalue weighted by Gasteiger charge is 2.19. The van der Waals surface area contributed by atoms with Crippen LogP contribution < -0.4 is 15.2 Å². The van der Waals surface area contributed by atoms with E-state index in [0.717, 1.165) is 17.1 Å². The van der Waals surface area contributed by atoms with Gasteiger partial charge in [-0.1, -0.05) is 6.07 Å². The minimum Gasteiger partial charge on any atom is -0.454 e. The quantitative estimate of drug-likeness (QED) is 0.712. The molecule has 1 aliphatic heterocycles. The van der Waals surface area contributed by atoms with Crippen molar-refractivity contribution in [1.29, 1.82) is 0 Å². The lowest BCUT2D eigenvalue weighted by Gasteiger charge is -2.19. The van der Waals surface area contributed by atoms with Crippen LogP contribution in [0.15, 0.2) is 18.2 Å². The van der Waals surface area contributed by atoms with E-state index in [0.29, 0.717) is 6.79 Å². The maximum atomic E-state index is 5.95. The number of hydrogen-bond acceptors (Lipinski definition) is 3. The van der Waals surface area contributed by atoms with Gasteiger partial charge in [-0.3, -0.25) is 0 Å².